The zero-order chi connectivity index (χ0) is 13.3. The second-order valence-corrected chi connectivity index (χ2v) is 7.70. The maximum Gasteiger partial charge on any atom is 0.248 e. The number of sulfone groups is 1. The monoisotopic (exact) mass is 260 g/mol. The molecule has 1 amide bonds. The van der Waals surface area contributed by atoms with Crippen molar-refractivity contribution in [3.05, 3.63) is 0 Å². The van der Waals surface area contributed by atoms with Crippen molar-refractivity contribution in [1.29, 1.82) is 0 Å². The highest BCUT2D eigenvalue weighted by Gasteiger charge is 2.31. The number of carbonyl (C=O) groups is 1. The minimum atomic E-state index is -3.05. The van der Waals surface area contributed by atoms with Crippen LogP contribution in [0, 0.1) is 5.41 Å². The first kappa shape index (κ1) is 14.2. The molecule has 0 N–H and O–H groups in total. The molecule has 0 aliphatic carbocycles. The largest absolute Gasteiger partial charge is 0.273 e. The van der Waals surface area contributed by atoms with Crippen LogP contribution < -0.4 is 0 Å². The number of nitrogens with zero attached hydrogens (tertiary/aromatic N) is 2. The Labute approximate surface area is 103 Å². The molecule has 0 aromatic heterocycles. The van der Waals surface area contributed by atoms with Crippen LogP contribution >= 0.6 is 0 Å². The highest BCUT2D eigenvalue weighted by atomic mass is 32.2. The Morgan fingerprint density at radius 3 is 2.35 bits per heavy atom. The van der Waals surface area contributed by atoms with E-state index >= 15 is 0 Å². The summed E-state index contributed by atoms with van der Waals surface area (Å²) in [6, 6.07) is 0. The van der Waals surface area contributed by atoms with Gasteiger partial charge in [0.25, 0.3) is 0 Å². The smallest absolute Gasteiger partial charge is 0.248 e. The molecule has 0 aromatic carbocycles. The van der Waals surface area contributed by atoms with Crippen LogP contribution in [0.15, 0.2) is 5.10 Å². The highest BCUT2D eigenvalue weighted by Crippen LogP contribution is 2.24. The lowest BCUT2D eigenvalue weighted by atomic mass is 9.88. The SMILES string of the molecule is CCS(=O)(=O)CCN1N=C(C(C)(C)C)CC1=O. The van der Waals surface area contributed by atoms with Crippen molar-refractivity contribution >= 4 is 21.5 Å². The molecule has 1 heterocycles. The van der Waals surface area contributed by atoms with Gasteiger partial charge in [-0.05, 0) is 0 Å². The molecule has 0 saturated heterocycles. The van der Waals surface area contributed by atoms with E-state index in [1.165, 1.54) is 5.01 Å². The van der Waals surface area contributed by atoms with E-state index in [2.05, 4.69) is 5.10 Å². The average Bonchev–Trinajstić information content (AvgIpc) is 2.57. The van der Waals surface area contributed by atoms with Crippen molar-refractivity contribution in [2.24, 2.45) is 10.5 Å². The van der Waals surface area contributed by atoms with E-state index in [0.29, 0.717) is 6.42 Å². The Morgan fingerprint density at radius 2 is 1.94 bits per heavy atom. The van der Waals surface area contributed by atoms with Crippen LogP contribution in [0.25, 0.3) is 0 Å². The summed E-state index contributed by atoms with van der Waals surface area (Å²) in [7, 11) is -3.05. The Balaban J connectivity index is 2.68. The first-order valence-electron chi connectivity index (χ1n) is 5.74. The summed E-state index contributed by atoms with van der Waals surface area (Å²) in [5, 5.41) is 5.50. The minimum Gasteiger partial charge on any atom is -0.273 e. The van der Waals surface area contributed by atoms with Crippen LogP contribution in [0.1, 0.15) is 34.1 Å². The lowest BCUT2D eigenvalue weighted by molar-refractivity contribution is -0.128. The van der Waals surface area contributed by atoms with Crippen molar-refractivity contribution in [2.75, 3.05) is 18.1 Å². The van der Waals surface area contributed by atoms with Gasteiger partial charge in [-0.25, -0.2) is 13.4 Å². The van der Waals surface area contributed by atoms with Crippen LogP contribution in [0.5, 0.6) is 0 Å². The molecule has 0 spiro atoms. The molecular formula is C11H20N2O3S. The summed E-state index contributed by atoms with van der Waals surface area (Å²) in [4.78, 5) is 11.7. The lowest BCUT2D eigenvalue weighted by Gasteiger charge is -2.16. The maximum absolute atomic E-state index is 11.7. The van der Waals surface area contributed by atoms with Gasteiger partial charge in [0, 0.05) is 11.2 Å². The molecule has 1 aliphatic rings. The molecule has 0 bridgehead atoms. The van der Waals surface area contributed by atoms with Crippen molar-refractivity contribution < 1.29 is 13.2 Å². The molecule has 1 aliphatic heterocycles. The van der Waals surface area contributed by atoms with Crippen molar-refractivity contribution in [2.45, 2.75) is 34.1 Å². The number of hydrogen-bond donors (Lipinski definition) is 0. The maximum atomic E-state index is 11.7. The summed E-state index contributed by atoms with van der Waals surface area (Å²) in [6.45, 7) is 7.74. The van der Waals surface area contributed by atoms with Gasteiger partial charge in [-0.15, -0.1) is 0 Å². The zero-order valence-corrected chi connectivity index (χ0v) is 11.7. The van der Waals surface area contributed by atoms with Gasteiger partial charge in [-0.2, -0.15) is 5.10 Å². The van der Waals surface area contributed by atoms with E-state index in [9.17, 15) is 13.2 Å². The predicted molar refractivity (Wildman–Crippen MR) is 67.5 cm³/mol. The van der Waals surface area contributed by atoms with Crippen LogP contribution in [0.3, 0.4) is 0 Å². The van der Waals surface area contributed by atoms with Crippen molar-refractivity contribution in [1.82, 2.24) is 5.01 Å². The number of amides is 1. The summed E-state index contributed by atoms with van der Waals surface area (Å²) in [5.74, 6) is -0.0256. The molecule has 0 fully saturated rings. The van der Waals surface area contributed by atoms with E-state index in [1.54, 1.807) is 6.92 Å². The zero-order valence-electron chi connectivity index (χ0n) is 10.9. The first-order chi connectivity index (χ1) is 7.65. The topological polar surface area (TPSA) is 66.8 Å². The molecule has 1 rings (SSSR count). The molecule has 0 unspecified atom stereocenters. The lowest BCUT2D eigenvalue weighted by Crippen LogP contribution is -2.27. The molecule has 5 nitrogen and oxygen atoms in total. The van der Waals surface area contributed by atoms with Crippen LogP contribution in [-0.4, -0.2) is 43.1 Å². The quantitative estimate of drug-likeness (QED) is 0.759. The van der Waals surface area contributed by atoms with E-state index in [0.717, 1.165) is 5.71 Å². The number of hydrazone groups is 1. The number of hydrogen-bond acceptors (Lipinski definition) is 4. The summed E-state index contributed by atoms with van der Waals surface area (Å²) in [6.07, 6.45) is 0.301. The normalized spacial score (nSPS) is 17.5. The second kappa shape index (κ2) is 4.76. The third-order valence-electron chi connectivity index (χ3n) is 2.77. The summed E-state index contributed by atoms with van der Waals surface area (Å²) < 4.78 is 22.7. The van der Waals surface area contributed by atoms with Gasteiger partial charge >= 0.3 is 0 Å². The molecule has 17 heavy (non-hydrogen) atoms. The van der Waals surface area contributed by atoms with E-state index in [-0.39, 0.29) is 29.4 Å². The molecule has 0 saturated carbocycles. The van der Waals surface area contributed by atoms with Gasteiger partial charge in [0.15, 0.2) is 9.84 Å². The minimum absolute atomic E-state index is 0.0177. The third-order valence-corrected chi connectivity index (χ3v) is 4.45. The van der Waals surface area contributed by atoms with E-state index in [4.69, 9.17) is 0 Å². The molecule has 0 atom stereocenters. The molecule has 98 valence electrons. The van der Waals surface area contributed by atoms with Crippen molar-refractivity contribution in [3.63, 3.8) is 0 Å². The third kappa shape index (κ3) is 3.80. The van der Waals surface area contributed by atoms with Crippen LogP contribution in [0.4, 0.5) is 0 Å². The van der Waals surface area contributed by atoms with Crippen LogP contribution in [0.2, 0.25) is 0 Å². The fourth-order valence-corrected chi connectivity index (χ4v) is 2.17. The van der Waals surface area contributed by atoms with Gasteiger partial charge in [-0.1, -0.05) is 27.7 Å². The predicted octanol–water partition coefficient (Wildman–Crippen LogP) is 1.06. The van der Waals surface area contributed by atoms with Gasteiger partial charge in [0.05, 0.1) is 24.4 Å². The van der Waals surface area contributed by atoms with Gasteiger partial charge in [-0.3, -0.25) is 4.79 Å². The number of rotatable bonds is 4. The second-order valence-electron chi connectivity index (χ2n) is 5.23. The highest BCUT2D eigenvalue weighted by molar-refractivity contribution is 7.91. The first-order valence-corrected chi connectivity index (χ1v) is 7.56. The van der Waals surface area contributed by atoms with Gasteiger partial charge in [0.2, 0.25) is 5.91 Å². The Bertz CT molecular complexity index is 432. The standard InChI is InChI=1S/C11H20N2O3S/c1-5-17(15,16)7-6-13-10(14)8-9(12-13)11(2,3)4/h5-8H2,1-4H3. The summed E-state index contributed by atoms with van der Waals surface area (Å²) >= 11 is 0. The Morgan fingerprint density at radius 1 is 1.35 bits per heavy atom. The fourth-order valence-electron chi connectivity index (χ4n) is 1.43. The Kier molecular flexibility index (Phi) is 3.96. The van der Waals surface area contributed by atoms with E-state index in [1.807, 2.05) is 20.8 Å². The van der Waals surface area contributed by atoms with Gasteiger partial charge in [0.1, 0.15) is 0 Å². The fraction of sp³-hybridized carbons (Fsp3) is 0.818. The number of carbonyl (C=O) groups excluding carboxylic acids is 1. The van der Waals surface area contributed by atoms with E-state index < -0.39 is 9.84 Å². The van der Waals surface area contributed by atoms with Gasteiger partial charge < -0.3 is 0 Å². The molecular weight excluding hydrogens is 240 g/mol. The van der Waals surface area contributed by atoms with Crippen molar-refractivity contribution in [3.8, 4) is 0 Å². The molecule has 0 radical (unpaired) electrons. The Hall–Kier alpha value is -0.910. The molecule has 0 aromatic rings. The average molecular weight is 260 g/mol. The summed E-state index contributed by atoms with van der Waals surface area (Å²) in [5.41, 5.74) is 0.671. The van der Waals surface area contributed by atoms with Crippen LogP contribution in [-0.2, 0) is 14.6 Å². The molecule has 6 heteroatoms.